The van der Waals surface area contributed by atoms with E-state index in [9.17, 15) is 4.79 Å². The monoisotopic (exact) mass is 388 g/mol. The highest BCUT2D eigenvalue weighted by molar-refractivity contribution is 6.30. The van der Waals surface area contributed by atoms with Gasteiger partial charge in [-0.05, 0) is 43.7 Å². The van der Waals surface area contributed by atoms with Crippen LogP contribution in [-0.4, -0.2) is 70.0 Å². The predicted molar refractivity (Wildman–Crippen MR) is 103 cm³/mol. The summed E-state index contributed by atoms with van der Waals surface area (Å²) in [6.45, 7) is 6.37. The average Bonchev–Trinajstić information content (AvgIpc) is 3.40. The fraction of sp³-hybridized carbons (Fsp3) is 0.600. The quantitative estimate of drug-likeness (QED) is 0.739. The minimum absolute atomic E-state index is 0.0458. The summed E-state index contributed by atoms with van der Waals surface area (Å²) in [6, 6.07) is 4.86. The van der Waals surface area contributed by atoms with Crippen molar-refractivity contribution in [3.8, 4) is 0 Å². The van der Waals surface area contributed by atoms with Crippen molar-refractivity contribution < 1.29 is 9.53 Å². The smallest absolute Gasteiger partial charge is 0.274 e. The molecule has 0 radical (unpaired) electrons. The molecule has 3 aliphatic rings. The zero-order chi connectivity index (χ0) is 18.5. The number of amides is 1. The van der Waals surface area contributed by atoms with Gasteiger partial charge >= 0.3 is 0 Å². The molecule has 0 unspecified atom stereocenters. The lowest BCUT2D eigenvalue weighted by molar-refractivity contribution is 0.0731. The Labute approximate surface area is 164 Å². The summed E-state index contributed by atoms with van der Waals surface area (Å²) in [5, 5.41) is 0.637. The molecule has 0 spiro atoms. The van der Waals surface area contributed by atoms with Crippen LogP contribution in [-0.2, 0) is 4.74 Å². The normalized spacial score (nSPS) is 29.8. The molecule has 5 rings (SSSR count). The van der Waals surface area contributed by atoms with Crippen LogP contribution < -0.4 is 0 Å². The van der Waals surface area contributed by atoms with E-state index in [4.69, 9.17) is 16.3 Å². The van der Waals surface area contributed by atoms with Crippen molar-refractivity contribution in [2.45, 2.75) is 31.8 Å². The van der Waals surface area contributed by atoms with Gasteiger partial charge in [0.05, 0.1) is 11.6 Å². The molecule has 0 N–H and O–H groups in total. The molecule has 27 heavy (non-hydrogen) atoms. The molecule has 3 saturated heterocycles. The first-order chi connectivity index (χ1) is 13.2. The van der Waals surface area contributed by atoms with E-state index in [0.29, 0.717) is 34.6 Å². The number of rotatable bonds is 5. The highest BCUT2D eigenvalue weighted by Crippen LogP contribution is 2.49. The van der Waals surface area contributed by atoms with Gasteiger partial charge in [0, 0.05) is 50.7 Å². The van der Waals surface area contributed by atoms with E-state index >= 15 is 0 Å². The first kappa shape index (κ1) is 17.5. The number of likely N-dealkylation sites (tertiary alicyclic amines) is 1. The van der Waals surface area contributed by atoms with Gasteiger partial charge in [0.15, 0.2) is 0 Å². The predicted octanol–water partition coefficient (Wildman–Crippen LogP) is 2.56. The maximum atomic E-state index is 13.0. The Morgan fingerprint density at radius 1 is 1.22 bits per heavy atom. The van der Waals surface area contributed by atoms with Crippen LogP contribution in [0.2, 0.25) is 5.02 Å². The summed E-state index contributed by atoms with van der Waals surface area (Å²) in [7, 11) is 0. The van der Waals surface area contributed by atoms with Crippen LogP contribution in [0.5, 0.6) is 0 Å². The minimum atomic E-state index is 0.0458. The lowest BCUT2D eigenvalue weighted by Gasteiger charge is -2.26. The van der Waals surface area contributed by atoms with Crippen molar-refractivity contribution in [2.75, 3.05) is 32.8 Å². The molecule has 0 aliphatic carbocycles. The van der Waals surface area contributed by atoms with E-state index in [-0.39, 0.29) is 5.91 Å². The average molecular weight is 389 g/mol. The largest absolute Gasteiger partial charge is 0.380 e. The molecule has 5 heterocycles. The summed E-state index contributed by atoms with van der Waals surface area (Å²) < 4.78 is 7.40. The number of fused-ring (bicyclic) bond motifs is 6. The Bertz CT molecular complexity index is 849. The van der Waals surface area contributed by atoms with E-state index in [1.54, 1.807) is 18.5 Å². The van der Waals surface area contributed by atoms with Crippen molar-refractivity contribution in [3.63, 3.8) is 0 Å². The second kappa shape index (κ2) is 6.76. The highest BCUT2D eigenvalue weighted by atomic mass is 35.5. The fourth-order valence-corrected chi connectivity index (χ4v) is 5.72. The lowest BCUT2D eigenvalue weighted by Crippen LogP contribution is -2.39. The molecule has 0 aromatic carbocycles. The van der Waals surface area contributed by atoms with E-state index in [1.165, 1.54) is 12.8 Å². The third-order valence-electron chi connectivity index (χ3n) is 6.63. The summed E-state index contributed by atoms with van der Waals surface area (Å²) >= 11 is 6.04. The minimum Gasteiger partial charge on any atom is -0.380 e. The molecule has 3 aliphatic heterocycles. The van der Waals surface area contributed by atoms with Crippen molar-refractivity contribution in [3.05, 3.63) is 35.2 Å². The van der Waals surface area contributed by atoms with Crippen LogP contribution in [0, 0.1) is 11.8 Å². The summed E-state index contributed by atoms with van der Waals surface area (Å²) in [5.41, 5.74) is 1.27. The summed E-state index contributed by atoms with van der Waals surface area (Å²) in [5.74, 6) is 1.24. The number of hydrogen-bond donors (Lipinski definition) is 0. The van der Waals surface area contributed by atoms with Crippen LogP contribution in [0.3, 0.4) is 0 Å². The SMILES string of the molecule is CCOCCN1[C@@H]2CC[C@H]1[C@H]1CN(C(=O)c3cn4cc(Cl)ccc4n3)C[C@H]12. The van der Waals surface area contributed by atoms with Crippen LogP contribution >= 0.6 is 11.6 Å². The number of hydrogen-bond acceptors (Lipinski definition) is 4. The number of nitrogens with zero attached hydrogens (tertiary/aromatic N) is 4. The van der Waals surface area contributed by atoms with Crippen molar-refractivity contribution in [1.82, 2.24) is 19.2 Å². The molecular formula is C20H25ClN4O2. The van der Waals surface area contributed by atoms with Gasteiger partial charge in [-0.2, -0.15) is 0 Å². The Balaban J connectivity index is 1.29. The standard InChI is InChI=1S/C20H25ClN4O2/c1-2-27-8-7-25-17-4-5-18(25)15-11-24(10-14(15)17)20(26)16-12-23-9-13(21)3-6-19(23)22-16/h3,6,9,12,14-15,17-18H,2,4-5,7-8,10-11H2,1H3/t14-,15+,17-,18+. The van der Waals surface area contributed by atoms with Gasteiger partial charge < -0.3 is 14.0 Å². The van der Waals surface area contributed by atoms with Gasteiger partial charge in [-0.1, -0.05) is 11.6 Å². The van der Waals surface area contributed by atoms with Crippen LogP contribution in [0.1, 0.15) is 30.3 Å². The first-order valence-corrected chi connectivity index (χ1v) is 10.3. The van der Waals surface area contributed by atoms with E-state index in [2.05, 4.69) is 9.88 Å². The summed E-state index contributed by atoms with van der Waals surface area (Å²) in [6.07, 6.45) is 6.09. The maximum absolute atomic E-state index is 13.0. The van der Waals surface area contributed by atoms with Gasteiger partial charge in [0.1, 0.15) is 11.3 Å². The molecule has 4 atom stereocenters. The fourth-order valence-electron chi connectivity index (χ4n) is 5.55. The number of halogens is 1. The van der Waals surface area contributed by atoms with Crippen LogP contribution in [0.25, 0.3) is 5.65 Å². The van der Waals surface area contributed by atoms with E-state index in [1.807, 2.05) is 22.3 Å². The Hall–Kier alpha value is -1.63. The molecule has 144 valence electrons. The van der Waals surface area contributed by atoms with Gasteiger partial charge in [-0.25, -0.2) is 4.98 Å². The van der Waals surface area contributed by atoms with E-state index in [0.717, 1.165) is 38.5 Å². The van der Waals surface area contributed by atoms with Crippen molar-refractivity contribution in [2.24, 2.45) is 11.8 Å². The number of ether oxygens (including phenoxy) is 1. The Morgan fingerprint density at radius 2 is 1.96 bits per heavy atom. The zero-order valence-corrected chi connectivity index (χ0v) is 16.3. The Morgan fingerprint density at radius 3 is 2.67 bits per heavy atom. The van der Waals surface area contributed by atoms with Crippen molar-refractivity contribution in [1.29, 1.82) is 0 Å². The lowest BCUT2D eigenvalue weighted by atomic mass is 9.82. The molecule has 2 aromatic rings. The zero-order valence-electron chi connectivity index (χ0n) is 15.6. The molecule has 1 amide bonds. The van der Waals surface area contributed by atoms with Crippen LogP contribution in [0.15, 0.2) is 24.5 Å². The molecule has 7 heteroatoms. The molecule has 2 bridgehead atoms. The molecule has 6 nitrogen and oxygen atoms in total. The summed E-state index contributed by atoms with van der Waals surface area (Å²) in [4.78, 5) is 22.2. The van der Waals surface area contributed by atoms with Gasteiger partial charge in [-0.3, -0.25) is 9.69 Å². The Kier molecular flexibility index (Phi) is 4.37. The molecule has 3 fully saturated rings. The van der Waals surface area contributed by atoms with E-state index < -0.39 is 0 Å². The number of carbonyl (C=O) groups is 1. The number of pyridine rings is 1. The second-order valence-electron chi connectivity index (χ2n) is 7.92. The van der Waals surface area contributed by atoms with Gasteiger partial charge in [0.25, 0.3) is 5.91 Å². The topological polar surface area (TPSA) is 50.1 Å². The number of aromatic nitrogens is 2. The third kappa shape index (κ3) is 2.85. The number of imidazole rings is 1. The maximum Gasteiger partial charge on any atom is 0.274 e. The molecule has 2 aromatic heterocycles. The second-order valence-corrected chi connectivity index (χ2v) is 8.36. The van der Waals surface area contributed by atoms with Gasteiger partial charge in [0.2, 0.25) is 0 Å². The highest BCUT2D eigenvalue weighted by Gasteiger charge is 2.56. The first-order valence-electron chi connectivity index (χ1n) is 9.92. The van der Waals surface area contributed by atoms with Crippen molar-refractivity contribution >= 4 is 23.2 Å². The third-order valence-corrected chi connectivity index (χ3v) is 6.85. The molecular weight excluding hydrogens is 364 g/mol. The van der Waals surface area contributed by atoms with Gasteiger partial charge in [-0.15, -0.1) is 0 Å². The van der Waals surface area contributed by atoms with Crippen LogP contribution in [0.4, 0.5) is 0 Å². The number of carbonyl (C=O) groups excluding carboxylic acids is 1. The molecule has 0 saturated carbocycles.